The SMILES string of the molecule is CC(C)OCc1ccc(O[C@@H]2O[C@H](C(=O)O)[C@@H](O)[C@H](O)[C@H]2O)c(NC(=O)CO)c1. The minimum Gasteiger partial charge on any atom is -0.479 e. The van der Waals surface area contributed by atoms with Gasteiger partial charge in [0.05, 0.1) is 18.4 Å². The lowest BCUT2D eigenvalue weighted by molar-refractivity contribution is -0.271. The standard InChI is InChI=1S/C18H25NO10/c1-8(2)27-7-9-3-4-11(10(5-9)19-12(21)6-20)28-18-15(24)13(22)14(23)16(29-18)17(25)26/h3-5,8,13-16,18,20,22-24H,6-7H2,1-2H3,(H,19,21)(H,25,26)/t13-,14-,15+,16-,18+/m0/s1. The third-order valence-corrected chi connectivity index (χ3v) is 4.10. The molecule has 0 aromatic heterocycles. The molecule has 6 N–H and O–H groups in total. The molecule has 0 saturated carbocycles. The van der Waals surface area contributed by atoms with Gasteiger partial charge >= 0.3 is 5.97 Å². The maximum absolute atomic E-state index is 11.6. The lowest BCUT2D eigenvalue weighted by Crippen LogP contribution is -2.61. The summed E-state index contributed by atoms with van der Waals surface area (Å²) in [5.41, 5.74) is 0.778. The third-order valence-electron chi connectivity index (χ3n) is 4.10. The first-order valence-electron chi connectivity index (χ1n) is 8.88. The normalized spacial score (nSPS) is 26.9. The van der Waals surface area contributed by atoms with Gasteiger partial charge < -0.3 is 45.1 Å². The summed E-state index contributed by atoms with van der Waals surface area (Å²) in [7, 11) is 0. The Morgan fingerprint density at radius 1 is 1.17 bits per heavy atom. The fourth-order valence-electron chi connectivity index (χ4n) is 2.59. The predicted molar refractivity (Wildman–Crippen MR) is 97.0 cm³/mol. The van der Waals surface area contributed by atoms with Crippen LogP contribution in [0.3, 0.4) is 0 Å². The van der Waals surface area contributed by atoms with Gasteiger partial charge in [-0.15, -0.1) is 0 Å². The number of carboxylic acids is 1. The summed E-state index contributed by atoms with van der Waals surface area (Å²) < 4.78 is 16.0. The Morgan fingerprint density at radius 3 is 2.45 bits per heavy atom. The molecule has 1 aliphatic heterocycles. The van der Waals surface area contributed by atoms with E-state index >= 15 is 0 Å². The molecule has 2 rings (SSSR count). The lowest BCUT2D eigenvalue weighted by atomic mass is 9.99. The molecular formula is C18H25NO10. The number of amides is 1. The zero-order valence-electron chi connectivity index (χ0n) is 15.9. The monoisotopic (exact) mass is 415 g/mol. The van der Waals surface area contributed by atoms with Crippen molar-refractivity contribution in [2.75, 3.05) is 11.9 Å². The molecule has 1 heterocycles. The van der Waals surface area contributed by atoms with Gasteiger partial charge in [-0.3, -0.25) is 4.79 Å². The Balaban J connectivity index is 2.26. The van der Waals surface area contributed by atoms with Gasteiger partial charge in [-0.25, -0.2) is 4.79 Å². The number of nitrogens with one attached hydrogen (secondary N) is 1. The van der Waals surface area contributed by atoms with Crippen molar-refractivity contribution in [1.82, 2.24) is 0 Å². The minimum atomic E-state index is -1.86. The Hall–Kier alpha value is -2.28. The molecule has 29 heavy (non-hydrogen) atoms. The van der Waals surface area contributed by atoms with Crippen molar-refractivity contribution >= 4 is 17.6 Å². The van der Waals surface area contributed by atoms with Gasteiger partial charge in [-0.05, 0) is 31.5 Å². The number of aliphatic hydroxyl groups is 4. The molecule has 5 atom stereocenters. The van der Waals surface area contributed by atoms with E-state index in [0.717, 1.165) is 0 Å². The average molecular weight is 415 g/mol. The van der Waals surface area contributed by atoms with Crippen LogP contribution in [0, 0.1) is 0 Å². The number of carbonyl (C=O) groups is 2. The molecule has 0 spiro atoms. The summed E-state index contributed by atoms with van der Waals surface area (Å²) in [6.07, 6.45) is -8.95. The fraction of sp³-hybridized carbons (Fsp3) is 0.556. The van der Waals surface area contributed by atoms with Crippen LogP contribution in [0.25, 0.3) is 0 Å². The maximum atomic E-state index is 11.6. The number of aliphatic carboxylic acids is 1. The Labute approximate surface area is 166 Å². The predicted octanol–water partition coefficient (Wildman–Crippen LogP) is -1.19. The highest BCUT2D eigenvalue weighted by Crippen LogP contribution is 2.31. The summed E-state index contributed by atoms with van der Waals surface area (Å²) >= 11 is 0. The van der Waals surface area contributed by atoms with E-state index in [4.69, 9.17) is 24.4 Å². The van der Waals surface area contributed by atoms with E-state index in [0.29, 0.717) is 5.56 Å². The van der Waals surface area contributed by atoms with Gasteiger partial charge in [0, 0.05) is 0 Å². The molecule has 0 bridgehead atoms. The molecule has 11 nitrogen and oxygen atoms in total. The van der Waals surface area contributed by atoms with Crippen LogP contribution in [0.2, 0.25) is 0 Å². The number of carbonyl (C=O) groups excluding carboxylic acids is 1. The van der Waals surface area contributed by atoms with Crippen LogP contribution in [0.15, 0.2) is 18.2 Å². The van der Waals surface area contributed by atoms with Crippen molar-refractivity contribution in [3.63, 3.8) is 0 Å². The minimum absolute atomic E-state index is 0.0168. The summed E-state index contributed by atoms with van der Waals surface area (Å²) in [5, 5.41) is 50.2. The number of benzene rings is 1. The molecule has 0 aliphatic carbocycles. The molecule has 0 unspecified atom stereocenters. The van der Waals surface area contributed by atoms with Crippen LogP contribution in [0.5, 0.6) is 5.75 Å². The molecule has 1 saturated heterocycles. The van der Waals surface area contributed by atoms with Crippen molar-refractivity contribution in [2.24, 2.45) is 0 Å². The molecule has 11 heteroatoms. The van der Waals surface area contributed by atoms with Crippen molar-refractivity contribution in [3.05, 3.63) is 23.8 Å². The van der Waals surface area contributed by atoms with Gasteiger partial charge in [0.1, 0.15) is 30.7 Å². The largest absolute Gasteiger partial charge is 0.479 e. The Morgan fingerprint density at radius 2 is 1.86 bits per heavy atom. The first kappa shape index (κ1) is 23.0. The van der Waals surface area contributed by atoms with Crippen LogP contribution < -0.4 is 10.1 Å². The van der Waals surface area contributed by atoms with E-state index in [2.05, 4.69) is 5.32 Å². The van der Waals surface area contributed by atoms with E-state index in [9.17, 15) is 24.9 Å². The van der Waals surface area contributed by atoms with Crippen molar-refractivity contribution < 1.29 is 49.3 Å². The molecule has 162 valence electrons. The topological polar surface area (TPSA) is 175 Å². The molecule has 1 fully saturated rings. The number of hydrogen-bond donors (Lipinski definition) is 6. The van der Waals surface area contributed by atoms with Crippen LogP contribution in [0.1, 0.15) is 19.4 Å². The maximum Gasteiger partial charge on any atom is 0.335 e. The quantitative estimate of drug-likeness (QED) is 0.303. The van der Waals surface area contributed by atoms with E-state index in [-0.39, 0.29) is 24.1 Å². The van der Waals surface area contributed by atoms with Gasteiger partial charge in [0.15, 0.2) is 6.10 Å². The lowest BCUT2D eigenvalue weighted by Gasteiger charge is -2.38. The van der Waals surface area contributed by atoms with Crippen molar-refractivity contribution in [3.8, 4) is 5.75 Å². The first-order valence-corrected chi connectivity index (χ1v) is 8.88. The van der Waals surface area contributed by atoms with Crippen LogP contribution in [-0.4, -0.2) is 80.8 Å². The van der Waals surface area contributed by atoms with Gasteiger partial charge in [-0.1, -0.05) is 6.07 Å². The molecule has 1 aromatic carbocycles. The number of carboxylic acid groups (broad SMARTS) is 1. The fourth-order valence-corrected chi connectivity index (χ4v) is 2.59. The smallest absolute Gasteiger partial charge is 0.335 e. The molecule has 1 amide bonds. The number of aliphatic hydroxyl groups excluding tert-OH is 4. The number of hydrogen-bond acceptors (Lipinski definition) is 9. The number of ether oxygens (including phenoxy) is 3. The zero-order chi connectivity index (χ0) is 21.7. The third kappa shape index (κ3) is 5.85. The summed E-state index contributed by atoms with van der Waals surface area (Å²) in [5.74, 6) is -2.30. The molecule has 1 aliphatic rings. The van der Waals surface area contributed by atoms with Crippen LogP contribution in [0.4, 0.5) is 5.69 Å². The van der Waals surface area contributed by atoms with Gasteiger partial charge in [0.2, 0.25) is 12.2 Å². The van der Waals surface area contributed by atoms with E-state index in [1.165, 1.54) is 12.1 Å². The van der Waals surface area contributed by atoms with Crippen LogP contribution in [-0.2, 0) is 25.7 Å². The highest BCUT2D eigenvalue weighted by atomic mass is 16.7. The molecular weight excluding hydrogens is 390 g/mol. The van der Waals surface area contributed by atoms with Crippen LogP contribution >= 0.6 is 0 Å². The first-order chi connectivity index (χ1) is 13.6. The summed E-state index contributed by atoms with van der Waals surface area (Å²) in [6.45, 7) is 3.15. The van der Waals surface area contributed by atoms with E-state index < -0.39 is 49.2 Å². The van der Waals surface area contributed by atoms with Crippen molar-refractivity contribution in [1.29, 1.82) is 0 Å². The zero-order valence-corrected chi connectivity index (χ0v) is 15.9. The molecule has 0 radical (unpaired) electrons. The van der Waals surface area contributed by atoms with E-state index in [1.807, 2.05) is 13.8 Å². The second kappa shape index (κ2) is 9.96. The summed E-state index contributed by atoms with van der Waals surface area (Å²) in [6, 6.07) is 4.55. The number of rotatable bonds is 8. The number of anilines is 1. The van der Waals surface area contributed by atoms with Gasteiger partial charge in [0.25, 0.3) is 0 Å². The van der Waals surface area contributed by atoms with E-state index in [1.54, 1.807) is 6.07 Å². The Kier molecular flexibility index (Phi) is 7.90. The highest BCUT2D eigenvalue weighted by molar-refractivity contribution is 5.93. The van der Waals surface area contributed by atoms with Gasteiger partial charge in [-0.2, -0.15) is 0 Å². The average Bonchev–Trinajstić information content (AvgIpc) is 2.67. The van der Waals surface area contributed by atoms with Crippen molar-refractivity contribution in [2.45, 2.75) is 57.3 Å². The highest BCUT2D eigenvalue weighted by Gasteiger charge is 2.48. The second-order valence-corrected chi connectivity index (χ2v) is 6.75. The molecule has 1 aromatic rings. The second-order valence-electron chi connectivity index (χ2n) is 6.75. The Bertz CT molecular complexity index is 725. The summed E-state index contributed by atoms with van der Waals surface area (Å²) in [4.78, 5) is 22.8.